The van der Waals surface area contributed by atoms with Crippen molar-refractivity contribution in [3.63, 3.8) is 0 Å². The number of rotatable bonds is 9. The monoisotopic (exact) mass is 411 g/mol. The predicted octanol–water partition coefficient (Wildman–Crippen LogP) is 6.43. The van der Waals surface area contributed by atoms with Crippen LogP contribution in [-0.4, -0.2) is 26.2 Å². The molecule has 3 nitrogen and oxygen atoms in total. The van der Waals surface area contributed by atoms with E-state index in [1.807, 2.05) is 12.1 Å². The summed E-state index contributed by atoms with van der Waals surface area (Å²) >= 11 is 0. The minimum Gasteiger partial charge on any atom is -0.372 e. The summed E-state index contributed by atoms with van der Waals surface area (Å²) in [4.78, 5) is 4.72. The summed E-state index contributed by atoms with van der Waals surface area (Å²) < 4.78 is 0. The second-order valence-electron chi connectivity index (χ2n) is 7.69. The van der Waals surface area contributed by atoms with Crippen LogP contribution < -0.4 is 9.80 Å². The zero-order chi connectivity index (χ0) is 22.2. The molecule has 0 radical (unpaired) electrons. The Morgan fingerprint density at radius 1 is 0.581 bits per heavy atom. The van der Waals surface area contributed by atoms with E-state index in [1.165, 1.54) is 28.1 Å². The molecule has 0 saturated heterocycles. The first kappa shape index (κ1) is 22.4. The molecule has 0 fully saturated rings. The van der Waals surface area contributed by atoms with Gasteiger partial charge in [0.25, 0.3) is 0 Å². The second kappa shape index (κ2) is 10.7. The summed E-state index contributed by atoms with van der Waals surface area (Å²) in [5.41, 5.74) is 6.92. The van der Waals surface area contributed by atoms with Crippen LogP contribution in [0.25, 0.3) is 0 Å². The van der Waals surface area contributed by atoms with Gasteiger partial charge in [-0.2, -0.15) is 5.26 Å². The molecular weight excluding hydrogens is 378 g/mol. The Morgan fingerprint density at radius 2 is 0.903 bits per heavy atom. The van der Waals surface area contributed by atoms with E-state index < -0.39 is 0 Å². The van der Waals surface area contributed by atoms with Crippen LogP contribution in [0, 0.1) is 11.3 Å². The van der Waals surface area contributed by atoms with E-state index in [9.17, 15) is 5.26 Å². The number of hydrogen-bond acceptors (Lipinski definition) is 3. The van der Waals surface area contributed by atoms with Gasteiger partial charge >= 0.3 is 0 Å². The smallest absolute Gasteiger partial charge is 0.0991 e. The van der Waals surface area contributed by atoms with E-state index in [1.54, 1.807) is 0 Å². The molecule has 3 heteroatoms. The fourth-order valence-electron chi connectivity index (χ4n) is 4.26. The summed E-state index contributed by atoms with van der Waals surface area (Å²) in [6.45, 7) is 12.8. The highest BCUT2D eigenvalue weighted by Gasteiger charge is 2.18. The molecule has 0 unspecified atom stereocenters. The van der Waals surface area contributed by atoms with Crippen molar-refractivity contribution >= 4 is 11.4 Å². The van der Waals surface area contributed by atoms with Crippen molar-refractivity contribution in [1.29, 1.82) is 5.26 Å². The fourth-order valence-corrected chi connectivity index (χ4v) is 4.26. The second-order valence-corrected chi connectivity index (χ2v) is 7.69. The molecule has 0 amide bonds. The van der Waals surface area contributed by atoms with Crippen LogP contribution in [0.3, 0.4) is 0 Å². The van der Waals surface area contributed by atoms with E-state index in [0.717, 1.165) is 26.2 Å². The van der Waals surface area contributed by atoms with E-state index in [2.05, 4.69) is 104 Å². The number of benzene rings is 3. The normalized spacial score (nSPS) is 10.7. The van der Waals surface area contributed by atoms with E-state index in [4.69, 9.17) is 0 Å². The van der Waals surface area contributed by atoms with Gasteiger partial charge in [-0.15, -0.1) is 0 Å². The molecule has 0 saturated carbocycles. The maximum absolute atomic E-state index is 9.20. The zero-order valence-electron chi connectivity index (χ0n) is 19.2. The Kier molecular flexibility index (Phi) is 7.73. The van der Waals surface area contributed by atoms with Crippen molar-refractivity contribution in [3.8, 4) is 6.07 Å². The van der Waals surface area contributed by atoms with Crippen molar-refractivity contribution < 1.29 is 0 Å². The van der Waals surface area contributed by atoms with Crippen LogP contribution in [0.4, 0.5) is 11.4 Å². The van der Waals surface area contributed by atoms with Crippen LogP contribution in [0.15, 0.2) is 72.8 Å². The van der Waals surface area contributed by atoms with Crippen LogP contribution in [0.2, 0.25) is 0 Å². The first-order valence-electron chi connectivity index (χ1n) is 11.3. The molecule has 0 aromatic heterocycles. The Morgan fingerprint density at radius 3 is 1.19 bits per heavy atom. The SMILES string of the molecule is CCN(CC)c1ccc(C(c2ccc(C#N)cc2)c2ccc(N(CC)CC)cc2)cc1. The Balaban J connectivity index is 2.02. The van der Waals surface area contributed by atoms with E-state index in [-0.39, 0.29) is 5.92 Å². The summed E-state index contributed by atoms with van der Waals surface area (Å²) in [6.07, 6.45) is 0. The first-order valence-corrected chi connectivity index (χ1v) is 11.3. The molecule has 0 heterocycles. The number of anilines is 2. The zero-order valence-corrected chi connectivity index (χ0v) is 19.2. The van der Waals surface area contributed by atoms with Gasteiger partial charge in [0.15, 0.2) is 0 Å². The van der Waals surface area contributed by atoms with Gasteiger partial charge in [0, 0.05) is 43.5 Å². The molecular formula is C28H33N3. The Hall–Kier alpha value is -3.25. The van der Waals surface area contributed by atoms with Crippen LogP contribution in [0.5, 0.6) is 0 Å². The third kappa shape index (κ3) is 5.09. The van der Waals surface area contributed by atoms with Crippen molar-refractivity contribution in [2.24, 2.45) is 0 Å². The highest BCUT2D eigenvalue weighted by molar-refractivity contribution is 5.54. The van der Waals surface area contributed by atoms with Gasteiger partial charge in [-0.1, -0.05) is 36.4 Å². The summed E-state index contributed by atoms with van der Waals surface area (Å²) in [5, 5.41) is 9.20. The highest BCUT2D eigenvalue weighted by atomic mass is 15.1. The molecule has 31 heavy (non-hydrogen) atoms. The summed E-state index contributed by atoms with van der Waals surface area (Å²) in [5.74, 6) is 0.129. The Labute approximate surface area is 187 Å². The molecule has 3 aromatic carbocycles. The minimum atomic E-state index is 0.129. The molecule has 0 atom stereocenters. The standard InChI is InChI=1S/C28H33N3/c1-5-30(6-2)26-17-13-24(14-18-26)28(23-11-9-22(21-29)10-12-23)25-15-19-27(20-16-25)31(7-3)8-4/h9-20,28H,5-8H2,1-4H3. The van der Waals surface area contributed by atoms with Crippen LogP contribution in [0.1, 0.15) is 55.9 Å². The average molecular weight is 412 g/mol. The lowest BCUT2D eigenvalue weighted by Gasteiger charge is -2.25. The third-order valence-corrected chi connectivity index (χ3v) is 6.08. The van der Waals surface area contributed by atoms with Crippen molar-refractivity contribution in [2.45, 2.75) is 33.6 Å². The van der Waals surface area contributed by atoms with Gasteiger partial charge in [-0.25, -0.2) is 0 Å². The Bertz CT molecular complexity index is 919. The maximum Gasteiger partial charge on any atom is 0.0991 e. The predicted molar refractivity (Wildman–Crippen MR) is 132 cm³/mol. The molecule has 0 aliphatic carbocycles. The van der Waals surface area contributed by atoms with Gasteiger partial charge in [0.05, 0.1) is 11.6 Å². The fraction of sp³-hybridized carbons (Fsp3) is 0.321. The van der Waals surface area contributed by atoms with E-state index in [0.29, 0.717) is 5.56 Å². The molecule has 0 spiro atoms. The summed E-state index contributed by atoms with van der Waals surface area (Å²) in [7, 11) is 0. The lowest BCUT2D eigenvalue weighted by molar-refractivity contribution is 0.862. The average Bonchev–Trinajstić information content (AvgIpc) is 2.83. The summed E-state index contributed by atoms with van der Waals surface area (Å²) in [6, 6.07) is 28.1. The maximum atomic E-state index is 9.20. The van der Waals surface area contributed by atoms with Crippen LogP contribution >= 0.6 is 0 Å². The van der Waals surface area contributed by atoms with Crippen molar-refractivity contribution in [2.75, 3.05) is 36.0 Å². The number of hydrogen-bond donors (Lipinski definition) is 0. The molecule has 0 N–H and O–H groups in total. The van der Waals surface area contributed by atoms with Gasteiger partial charge in [-0.05, 0) is 80.8 Å². The third-order valence-electron chi connectivity index (χ3n) is 6.08. The lowest BCUT2D eigenvalue weighted by atomic mass is 9.84. The van der Waals surface area contributed by atoms with Gasteiger partial charge in [0.2, 0.25) is 0 Å². The molecule has 3 aromatic rings. The molecule has 0 bridgehead atoms. The minimum absolute atomic E-state index is 0.129. The first-order chi connectivity index (χ1) is 15.1. The van der Waals surface area contributed by atoms with Crippen molar-refractivity contribution in [3.05, 3.63) is 95.1 Å². The molecule has 0 aliphatic heterocycles. The topological polar surface area (TPSA) is 30.3 Å². The van der Waals surface area contributed by atoms with Crippen LogP contribution in [-0.2, 0) is 0 Å². The molecule has 3 rings (SSSR count). The van der Waals surface area contributed by atoms with E-state index >= 15 is 0 Å². The number of nitrogens with zero attached hydrogens (tertiary/aromatic N) is 3. The van der Waals surface area contributed by atoms with Gasteiger partial charge in [-0.3, -0.25) is 0 Å². The van der Waals surface area contributed by atoms with Gasteiger partial charge < -0.3 is 9.80 Å². The molecule has 160 valence electrons. The lowest BCUT2D eigenvalue weighted by Crippen LogP contribution is -2.21. The number of nitriles is 1. The van der Waals surface area contributed by atoms with Crippen molar-refractivity contribution in [1.82, 2.24) is 0 Å². The molecule has 0 aliphatic rings. The largest absolute Gasteiger partial charge is 0.372 e. The quantitative estimate of drug-likeness (QED) is 0.380. The van der Waals surface area contributed by atoms with Gasteiger partial charge in [0.1, 0.15) is 0 Å². The highest BCUT2D eigenvalue weighted by Crippen LogP contribution is 2.34.